The van der Waals surface area contributed by atoms with Gasteiger partial charge in [-0.3, -0.25) is 5.10 Å². The standard InChI is InChI=1S/C10H8IN7/c1-5-12-3-2-7(14-5)15-10-13-4-6-8(11)17-18-9(6)16-10/h2-4H,1H3,(H2,12,13,14,15,16,17,18). The Hall–Kier alpha value is -1.84. The zero-order valence-corrected chi connectivity index (χ0v) is 11.5. The van der Waals surface area contributed by atoms with Gasteiger partial charge in [0.1, 0.15) is 15.3 Å². The second kappa shape index (κ2) is 4.44. The zero-order valence-electron chi connectivity index (χ0n) is 9.35. The lowest BCUT2D eigenvalue weighted by atomic mass is 10.4. The number of fused-ring (bicyclic) bond motifs is 1. The van der Waals surface area contributed by atoms with Crippen LogP contribution in [0.4, 0.5) is 11.8 Å². The van der Waals surface area contributed by atoms with E-state index in [9.17, 15) is 0 Å². The molecular formula is C10H8IN7. The Kier molecular flexibility index (Phi) is 2.78. The Morgan fingerprint density at radius 1 is 1.28 bits per heavy atom. The van der Waals surface area contributed by atoms with Crippen molar-refractivity contribution in [1.82, 2.24) is 30.1 Å². The van der Waals surface area contributed by atoms with E-state index in [1.165, 1.54) is 0 Å². The Bertz CT molecular complexity index is 708. The first-order valence-electron chi connectivity index (χ1n) is 5.15. The number of aromatic nitrogens is 6. The van der Waals surface area contributed by atoms with Crippen LogP contribution in [0.1, 0.15) is 5.82 Å². The lowest BCUT2D eigenvalue weighted by Gasteiger charge is -2.03. The van der Waals surface area contributed by atoms with Crippen LogP contribution in [0.5, 0.6) is 0 Å². The van der Waals surface area contributed by atoms with Crippen molar-refractivity contribution in [2.24, 2.45) is 0 Å². The van der Waals surface area contributed by atoms with E-state index in [1.807, 2.05) is 6.92 Å². The quantitative estimate of drug-likeness (QED) is 0.683. The van der Waals surface area contributed by atoms with Crippen LogP contribution in [0.15, 0.2) is 18.5 Å². The number of aromatic amines is 1. The average molecular weight is 353 g/mol. The predicted octanol–water partition coefficient (Wildman–Crippen LogP) is 1.80. The van der Waals surface area contributed by atoms with Gasteiger partial charge in [0, 0.05) is 12.4 Å². The summed E-state index contributed by atoms with van der Waals surface area (Å²) in [5, 5.41) is 10.8. The van der Waals surface area contributed by atoms with Crippen LogP contribution >= 0.6 is 22.6 Å². The third-order valence-electron chi connectivity index (χ3n) is 2.29. The molecule has 2 N–H and O–H groups in total. The molecule has 8 heteroatoms. The molecule has 0 aromatic carbocycles. The lowest BCUT2D eigenvalue weighted by Crippen LogP contribution is -2.00. The maximum absolute atomic E-state index is 4.32. The molecule has 0 radical (unpaired) electrons. The van der Waals surface area contributed by atoms with Crippen LogP contribution in [-0.4, -0.2) is 30.1 Å². The third kappa shape index (κ3) is 2.10. The number of hydrogen-bond acceptors (Lipinski definition) is 6. The van der Waals surface area contributed by atoms with E-state index >= 15 is 0 Å². The topological polar surface area (TPSA) is 92.3 Å². The van der Waals surface area contributed by atoms with Crippen molar-refractivity contribution in [1.29, 1.82) is 0 Å². The first-order valence-corrected chi connectivity index (χ1v) is 6.23. The molecule has 0 amide bonds. The van der Waals surface area contributed by atoms with Gasteiger partial charge in [-0.05, 0) is 35.6 Å². The molecule has 0 fully saturated rings. The highest BCUT2D eigenvalue weighted by atomic mass is 127. The number of H-pyrrole nitrogens is 1. The monoisotopic (exact) mass is 353 g/mol. The summed E-state index contributed by atoms with van der Waals surface area (Å²) in [7, 11) is 0. The molecule has 3 aromatic rings. The molecule has 18 heavy (non-hydrogen) atoms. The molecule has 0 saturated carbocycles. The minimum atomic E-state index is 0.473. The van der Waals surface area contributed by atoms with Gasteiger partial charge in [0.2, 0.25) is 5.95 Å². The number of nitrogens with one attached hydrogen (secondary N) is 2. The van der Waals surface area contributed by atoms with Gasteiger partial charge in [-0.1, -0.05) is 0 Å². The van der Waals surface area contributed by atoms with Crippen LogP contribution in [0.3, 0.4) is 0 Å². The van der Waals surface area contributed by atoms with Gasteiger partial charge in [-0.2, -0.15) is 10.1 Å². The van der Waals surface area contributed by atoms with Gasteiger partial charge < -0.3 is 5.32 Å². The molecule has 0 aliphatic carbocycles. The summed E-state index contributed by atoms with van der Waals surface area (Å²) in [6.45, 7) is 1.83. The molecule has 0 bridgehead atoms. The van der Waals surface area contributed by atoms with E-state index in [4.69, 9.17) is 0 Å². The average Bonchev–Trinajstić information content (AvgIpc) is 2.71. The molecule has 0 atom stereocenters. The molecule has 0 aliphatic rings. The second-order valence-electron chi connectivity index (χ2n) is 3.58. The van der Waals surface area contributed by atoms with Crippen LogP contribution in [0.25, 0.3) is 11.0 Å². The normalized spacial score (nSPS) is 10.8. The van der Waals surface area contributed by atoms with Crippen molar-refractivity contribution < 1.29 is 0 Å². The molecule has 0 unspecified atom stereocenters. The molecule has 90 valence electrons. The van der Waals surface area contributed by atoms with Gasteiger partial charge in [0.05, 0.1) is 5.39 Å². The molecule has 3 aromatic heterocycles. The lowest BCUT2D eigenvalue weighted by molar-refractivity contribution is 1.04. The molecular weight excluding hydrogens is 345 g/mol. The highest BCUT2D eigenvalue weighted by Crippen LogP contribution is 2.17. The molecule has 7 nitrogen and oxygen atoms in total. The minimum Gasteiger partial charge on any atom is -0.309 e. The molecule has 0 saturated heterocycles. The molecule has 0 aliphatic heterocycles. The van der Waals surface area contributed by atoms with Gasteiger partial charge in [0.25, 0.3) is 0 Å². The van der Waals surface area contributed by atoms with Crippen LogP contribution in [0, 0.1) is 10.6 Å². The summed E-state index contributed by atoms with van der Waals surface area (Å²) in [6, 6.07) is 1.76. The number of anilines is 2. The number of halogens is 1. The van der Waals surface area contributed by atoms with Crippen molar-refractivity contribution >= 4 is 45.4 Å². The maximum atomic E-state index is 4.32. The van der Waals surface area contributed by atoms with Crippen molar-refractivity contribution in [3.63, 3.8) is 0 Å². The van der Waals surface area contributed by atoms with E-state index in [-0.39, 0.29) is 0 Å². The molecule has 0 spiro atoms. The highest BCUT2D eigenvalue weighted by molar-refractivity contribution is 14.1. The summed E-state index contributed by atoms with van der Waals surface area (Å²) in [5.41, 5.74) is 0.697. The Morgan fingerprint density at radius 2 is 2.17 bits per heavy atom. The van der Waals surface area contributed by atoms with E-state index in [0.717, 1.165) is 9.09 Å². The van der Waals surface area contributed by atoms with Gasteiger partial charge in [-0.25, -0.2) is 15.0 Å². The largest absolute Gasteiger partial charge is 0.309 e. The maximum Gasteiger partial charge on any atom is 0.230 e. The predicted molar refractivity (Wildman–Crippen MR) is 74.5 cm³/mol. The Morgan fingerprint density at radius 3 is 3.00 bits per heavy atom. The Balaban J connectivity index is 1.95. The fraction of sp³-hybridized carbons (Fsp3) is 0.100. The van der Waals surface area contributed by atoms with Gasteiger partial charge >= 0.3 is 0 Å². The fourth-order valence-corrected chi connectivity index (χ4v) is 2.00. The summed E-state index contributed by atoms with van der Waals surface area (Å²) < 4.78 is 0.854. The number of rotatable bonds is 2. The number of hydrogen-bond donors (Lipinski definition) is 2. The van der Waals surface area contributed by atoms with Crippen molar-refractivity contribution in [2.75, 3.05) is 5.32 Å². The molecule has 3 rings (SSSR count). The van der Waals surface area contributed by atoms with E-state index in [0.29, 0.717) is 23.2 Å². The molecule has 3 heterocycles. The summed E-state index contributed by atoms with van der Waals surface area (Å²) in [6.07, 6.45) is 3.41. The number of nitrogens with zero attached hydrogens (tertiary/aromatic N) is 5. The fourth-order valence-electron chi connectivity index (χ4n) is 1.48. The first kappa shape index (κ1) is 11.3. The third-order valence-corrected chi connectivity index (χ3v) is 3.11. The van der Waals surface area contributed by atoms with Crippen molar-refractivity contribution in [3.05, 3.63) is 28.0 Å². The second-order valence-corrected chi connectivity index (χ2v) is 4.61. The first-order chi connectivity index (χ1) is 8.72. The van der Waals surface area contributed by atoms with Gasteiger partial charge in [0.15, 0.2) is 5.65 Å². The number of aryl methyl sites for hydroxylation is 1. The SMILES string of the molecule is Cc1nccc(Nc2ncc3c(I)n[nH]c3n2)n1. The summed E-state index contributed by atoms with van der Waals surface area (Å²) in [5.74, 6) is 1.83. The van der Waals surface area contributed by atoms with Crippen molar-refractivity contribution in [2.45, 2.75) is 6.92 Å². The summed E-state index contributed by atoms with van der Waals surface area (Å²) in [4.78, 5) is 16.8. The van der Waals surface area contributed by atoms with Crippen molar-refractivity contribution in [3.8, 4) is 0 Å². The highest BCUT2D eigenvalue weighted by Gasteiger charge is 2.06. The van der Waals surface area contributed by atoms with Crippen LogP contribution in [0.2, 0.25) is 0 Å². The van der Waals surface area contributed by atoms with Gasteiger partial charge in [-0.15, -0.1) is 0 Å². The Labute approximate surface area is 116 Å². The zero-order chi connectivity index (χ0) is 12.5. The smallest absolute Gasteiger partial charge is 0.230 e. The van der Waals surface area contributed by atoms with Crippen LogP contribution in [-0.2, 0) is 0 Å². The van der Waals surface area contributed by atoms with E-state index in [1.54, 1.807) is 18.5 Å². The van der Waals surface area contributed by atoms with Crippen LogP contribution < -0.4 is 5.32 Å². The van der Waals surface area contributed by atoms with E-state index < -0.39 is 0 Å². The van der Waals surface area contributed by atoms with E-state index in [2.05, 4.69) is 58.0 Å². The minimum absolute atomic E-state index is 0.473. The summed E-state index contributed by atoms with van der Waals surface area (Å²) >= 11 is 2.13.